The molecule has 3 rings (SSSR count). The molecule has 0 radical (unpaired) electrons. The molecule has 0 aromatic carbocycles. The van der Waals surface area contributed by atoms with Gasteiger partial charge in [-0.2, -0.15) is 0 Å². The minimum Gasteiger partial charge on any atom is -0.490 e. The molecule has 0 bridgehead atoms. The number of hydrogen-bond acceptors (Lipinski definition) is 4. The molecular weight excluding hydrogens is 240 g/mol. The Bertz CT molecular complexity index is 401. The number of nitrogens with zero attached hydrogens (tertiary/aromatic N) is 1. The molecule has 19 heavy (non-hydrogen) atoms. The molecule has 4 nitrogen and oxygen atoms in total. The van der Waals surface area contributed by atoms with E-state index in [1.54, 1.807) is 6.20 Å². The number of aryl methyl sites for hydroxylation is 1. The van der Waals surface area contributed by atoms with Gasteiger partial charge in [-0.25, -0.2) is 0 Å². The summed E-state index contributed by atoms with van der Waals surface area (Å²) in [5.41, 5.74) is 1.24. The lowest BCUT2D eigenvalue weighted by atomic mass is 10.1. The van der Waals surface area contributed by atoms with E-state index in [-0.39, 0.29) is 0 Å². The van der Waals surface area contributed by atoms with Crippen molar-refractivity contribution >= 4 is 0 Å². The van der Waals surface area contributed by atoms with Crippen molar-refractivity contribution in [2.75, 3.05) is 19.8 Å². The van der Waals surface area contributed by atoms with Crippen LogP contribution in [0.2, 0.25) is 0 Å². The van der Waals surface area contributed by atoms with Gasteiger partial charge in [0, 0.05) is 18.8 Å². The van der Waals surface area contributed by atoms with E-state index >= 15 is 0 Å². The fourth-order valence-corrected chi connectivity index (χ4v) is 2.57. The van der Waals surface area contributed by atoms with Gasteiger partial charge in [-0.1, -0.05) is 0 Å². The Hall–Kier alpha value is -1.13. The third-order valence-electron chi connectivity index (χ3n) is 3.93. The molecule has 104 valence electrons. The third kappa shape index (κ3) is 3.67. The molecule has 0 saturated carbocycles. The van der Waals surface area contributed by atoms with Crippen LogP contribution in [0.4, 0.5) is 0 Å². The number of ether oxygens (including phenoxy) is 2. The monoisotopic (exact) mass is 262 g/mol. The first kappa shape index (κ1) is 12.9. The average Bonchev–Trinajstić information content (AvgIpc) is 2.88. The van der Waals surface area contributed by atoms with E-state index in [1.807, 2.05) is 6.20 Å². The van der Waals surface area contributed by atoms with Crippen molar-refractivity contribution in [3.8, 4) is 5.75 Å². The highest BCUT2D eigenvalue weighted by atomic mass is 16.5. The molecule has 1 N–H and O–H groups in total. The van der Waals surface area contributed by atoms with Crippen LogP contribution < -0.4 is 10.1 Å². The van der Waals surface area contributed by atoms with Gasteiger partial charge < -0.3 is 14.8 Å². The van der Waals surface area contributed by atoms with Crippen LogP contribution in [0.15, 0.2) is 18.5 Å². The van der Waals surface area contributed by atoms with Crippen LogP contribution in [-0.2, 0) is 11.2 Å². The topological polar surface area (TPSA) is 43.4 Å². The lowest BCUT2D eigenvalue weighted by Gasteiger charge is -2.27. The van der Waals surface area contributed by atoms with Crippen molar-refractivity contribution in [1.29, 1.82) is 0 Å². The van der Waals surface area contributed by atoms with Crippen LogP contribution >= 0.6 is 0 Å². The first-order valence-corrected chi connectivity index (χ1v) is 7.32. The van der Waals surface area contributed by atoms with E-state index in [1.165, 1.54) is 24.8 Å². The summed E-state index contributed by atoms with van der Waals surface area (Å²) in [5.74, 6) is 0.888. The van der Waals surface area contributed by atoms with Gasteiger partial charge in [0.25, 0.3) is 0 Å². The zero-order valence-electron chi connectivity index (χ0n) is 11.3. The van der Waals surface area contributed by atoms with Crippen LogP contribution in [0.3, 0.4) is 0 Å². The smallest absolute Gasteiger partial charge is 0.137 e. The highest BCUT2D eigenvalue weighted by Gasteiger charge is 2.17. The third-order valence-corrected chi connectivity index (χ3v) is 3.93. The van der Waals surface area contributed by atoms with Crippen molar-refractivity contribution in [3.05, 3.63) is 24.0 Å². The van der Waals surface area contributed by atoms with Crippen LogP contribution in [0.5, 0.6) is 5.75 Å². The molecule has 2 aliphatic heterocycles. The summed E-state index contributed by atoms with van der Waals surface area (Å²) < 4.78 is 11.4. The van der Waals surface area contributed by atoms with Gasteiger partial charge in [0.15, 0.2) is 0 Å². The van der Waals surface area contributed by atoms with E-state index in [4.69, 9.17) is 9.47 Å². The maximum Gasteiger partial charge on any atom is 0.137 e. The van der Waals surface area contributed by atoms with Crippen LogP contribution in [-0.4, -0.2) is 36.9 Å². The van der Waals surface area contributed by atoms with E-state index in [0.717, 1.165) is 38.3 Å². The maximum atomic E-state index is 5.77. The molecule has 0 aliphatic carbocycles. The quantitative estimate of drug-likeness (QED) is 0.851. The molecule has 0 spiro atoms. The lowest BCUT2D eigenvalue weighted by molar-refractivity contribution is 0.104. The Morgan fingerprint density at radius 2 is 2.32 bits per heavy atom. The number of aromatic nitrogens is 1. The number of hydrogen-bond donors (Lipinski definition) is 1. The molecule has 3 heterocycles. The summed E-state index contributed by atoms with van der Waals surface area (Å²) in [4.78, 5) is 4.27. The first-order chi connectivity index (χ1) is 9.40. The fourth-order valence-electron chi connectivity index (χ4n) is 2.57. The molecule has 2 saturated heterocycles. The SMILES string of the molecule is c1ncc(OCC2CCN2)cc1CCC1CCCO1. The Morgan fingerprint density at radius 1 is 1.37 bits per heavy atom. The van der Waals surface area contributed by atoms with Crippen molar-refractivity contribution in [2.45, 2.75) is 44.2 Å². The summed E-state index contributed by atoms with van der Waals surface area (Å²) in [5, 5.41) is 3.33. The van der Waals surface area contributed by atoms with Crippen LogP contribution in [0.25, 0.3) is 0 Å². The summed E-state index contributed by atoms with van der Waals surface area (Å²) >= 11 is 0. The van der Waals surface area contributed by atoms with E-state index < -0.39 is 0 Å². The van der Waals surface area contributed by atoms with Gasteiger partial charge in [0.1, 0.15) is 12.4 Å². The molecule has 2 atom stereocenters. The molecule has 4 heteroatoms. The summed E-state index contributed by atoms with van der Waals surface area (Å²) in [6.07, 6.45) is 9.93. The second kappa shape index (κ2) is 6.35. The summed E-state index contributed by atoms with van der Waals surface area (Å²) in [7, 11) is 0. The summed E-state index contributed by atoms with van der Waals surface area (Å²) in [6, 6.07) is 2.64. The van der Waals surface area contributed by atoms with E-state index in [2.05, 4.69) is 16.4 Å². The molecule has 2 fully saturated rings. The molecular formula is C15H22N2O2. The largest absolute Gasteiger partial charge is 0.490 e. The van der Waals surface area contributed by atoms with Crippen molar-refractivity contribution in [2.24, 2.45) is 0 Å². The highest BCUT2D eigenvalue weighted by molar-refractivity contribution is 5.23. The second-order valence-electron chi connectivity index (χ2n) is 5.45. The normalized spacial score (nSPS) is 26.1. The Morgan fingerprint density at radius 3 is 3.05 bits per heavy atom. The average molecular weight is 262 g/mol. The zero-order valence-corrected chi connectivity index (χ0v) is 11.3. The Kier molecular flexibility index (Phi) is 4.30. The predicted octanol–water partition coefficient (Wildman–Crippen LogP) is 1.93. The Balaban J connectivity index is 1.47. The molecule has 0 amide bonds. The Labute approximate surface area is 114 Å². The number of rotatable bonds is 6. The predicted molar refractivity (Wildman–Crippen MR) is 73.4 cm³/mol. The second-order valence-corrected chi connectivity index (χ2v) is 5.45. The zero-order chi connectivity index (χ0) is 12.9. The van der Waals surface area contributed by atoms with Gasteiger partial charge >= 0.3 is 0 Å². The van der Waals surface area contributed by atoms with E-state index in [9.17, 15) is 0 Å². The summed E-state index contributed by atoms with van der Waals surface area (Å²) in [6.45, 7) is 2.80. The molecule has 1 aromatic rings. The van der Waals surface area contributed by atoms with Crippen molar-refractivity contribution in [1.82, 2.24) is 10.3 Å². The van der Waals surface area contributed by atoms with Gasteiger partial charge in [-0.3, -0.25) is 4.98 Å². The number of nitrogens with one attached hydrogen (secondary N) is 1. The van der Waals surface area contributed by atoms with Gasteiger partial charge in [0.05, 0.1) is 12.3 Å². The maximum absolute atomic E-state index is 5.77. The molecule has 1 aromatic heterocycles. The van der Waals surface area contributed by atoms with Crippen LogP contribution in [0, 0.1) is 0 Å². The number of pyridine rings is 1. The van der Waals surface area contributed by atoms with Gasteiger partial charge in [0.2, 0.25) is 0 Å². The minimum atomic E-state index is 0.448. The lowest BCUT2D eigenvalue weighted by Crippen LogP contribution is -2.46. The first-order valence-electron chi connectivity index (χ1n) is 7.32. The molecule has 2 unspecified atom stereocenters. The minimum absolute atomic E-state index is 0.448. The highest BCUT2D eigenvalue weighted by Crippen LogP contribution is 2.19. The van der Waals surface area contributed by atoms with Gasteiger partial charge in [-0.15, -0.1) is 0 Å². The van der Waals surface area contributed by atoms with E-state index in [0.29, 0.717) is 12.1 Å². The van der Waals surface area contributed by atoms with Crippen molar-refractivity contribution < 1.29 is 9.47 Å². The van der Waals surface area contributed by atoms with Crippen LogP contribution in [0.1, 0.15) is 31.2 Å². The molecule has 2 aliphatic rings. The fraction of sp³-hybridized carbons (Fsp3) is 0.667. The van der Waals surface area contributed by atoms with Crippen molar-refractivity contribution in [3.63, 3.8) is 0 Å². The van der Waals surface area contributed by atoms with Gasteiger partial charge in [-0.05, 0) is 50.3 Å². The standard InChI is InChI=1S/C15H22N2O2/c1-2-14(18-7-1)4-3-12-8-15(10-16-9-12)19-11-13-5-6-17-13/h8-10,13-14,17H,1-7,11H2.